The number of esters is 2. The number of carbonyl (C=O) groups excluding carboxylic acids is 6. The third-order valence-corrected chi connectivity index (χ3v) is 24.2. The zero-order chi connectivity index (χ0) is 88.2. The first kappa shape index (κ1) is 99.6. The molecule has 4 aromatic carbocycles. The van der Waals surface area contributed by atoms with E-state index in [9.17, 15) is 23.3 Å². The minimum atomic E-state index is -3.29. The van der Waals surface area contributed by atoms with Crippen LogP contribution in [0.4, 0.5) is 0 Å². The van der Waals surface area contributed by atoms with E-state index in [1.807, 2.05) is 125 Å². The van der Waals surface area contributed by atoms with E-state index in [4.69, 9.17) is 62.3 Å². The van der Waals surface area contributed by atoms with E-state index in [2.05, 4.69) is 122 Å². The summed E-state index contributed by atoms with van der Waals surface area (Å²) in [5, 5.41) is 9.91. The van der Waals surface area contributed by atoms with Crippen LogP contribution in [0.25, 0.3) is 0 Å². The van der Waals surface area contributed by atoms with Gasteiger partial charge in [0, 0.05) is 155 Å². The second-order valence-corrected chi connectivity index (χ2v) is 44.0. The van der Waals surface area contributed by atoms with Crippen molar-refractivity contribution in [2.75, 3.05) is 172 Å². The first-order valence-electron chi connectivity index (χ1n) is 39.3. The molecule has 121 heavy (non-hydrogen) atoms. The summed E-state index contributed by atoms with van der Waals surface area (Å²) in [6, 6.07) is 45.2. The molecule has 6 heterocycles. The van der Waals surface area contributed by atoms with Crippen molar-refractivity contribution in [3.05, 3.63) is 213 Å². The number of hydrogen-bond acceptors (Lipinski definition) is 26. The number of carbonyl (C=O) groups is 2. The molecule has 0 radical (unpaired) electrons. The summed E-state index contributed by atoms with van der Waals surface area (Å²) in [4.78, 5) is 82.1. The van der Waals surface area contributed by atoms with Gasteiger partial charge in [-0.15, -0.1) is 8.53 Å². The number of nitrogens with one attached hydrogen (secondary N) is 3. The lowest BCUT2D eigenvalue weighted by Gasteiger charge is -2.26. The Morgan fingerprint density at radius 2 is 0.628 bits per heavy atom. The van der Waals surface area contributed by atoms with Crippen LogP contribution in [-0.2, 0) is 82.5 Å². The van der Waals surface area contributed by atoms with E-state index in [0.29, 0.717) is 105 Å². The third kappa shape index (κ3) is 37.7. The number of methoxy groups -OCH3 is 2. The van der Waals surface area contributed by atoms with E-state index in [0.717, 1.165) is 124 Å². The lowest BCUT2D eigenvalue weighted by Crippen LogP contribution is -2.36. The Balaban J connectivity index is 0.000000449. The number of aryl methyl sites for hydroxylation is 1. The molecule has 31 heteroatoms. The minimum Gasteiger partial charge on any atom is -0.494 e. The zero-order valence-electron chi connectivity index (χ0n) is 71.2. The second-order valence-electron chi connectivity index (χ2n) is 28.5. The number of aromatic nitrogens is 4. The van der Waals surface area contributed by atoms with E-state index in [1.165, 1.54) is 14.2 Å². The molecule has 0 aliphatic carbocycles. The number of benzene rings is 4. The van der Waals surface area contributed by atoms with Crippen molar-refractivity contribution in [3.63, 3.8) is 0 Å². The summed E-state index contributed by atoms with van der Waals surface area (Å²) in [7, 11) is -1.82. The third-order valence-electron chi connectivity index (χ3n) is 17.7. The fourth-order valence-corrected chi connectivity index (χ4v) is 15.6. The molecule has 8 aromatic rings. The molecule has 4 aromatic heterocycles. The fourth-order valence-electron chi connectivity index (χ4n) is 11.5. The van der Waals surface area contributed by atoms with Gasteiger partial charge in [-0.1, -0.05) is 54.3 Å². The number of ether oxygens (including phenoxy) is 6. The van der Waals surface area contributed by atoms with Crippen molar-refractivity contribution < 1.29 is 75.4 Å². The smallest absolute Gasteiger partial charge is 0.373 e. The van der Waals surface area contributed by atoms with Crippen LogP contribution in [0.15, 0.2) is 146 Å². The molecule has 0 spiro atoms. The molecule has 0 saturated carbocycles. The summed E-state index contributed by atoms with van der Waals surface area (Å²) in [6.45, 7) is 32.3. The predicted octanol–water partition coefficient (Wildman–Crippen LogP) is 9.46. The quantitative estimate of drug-likeness (QED) is 0.0305. The van der Waals surface area contributed by atoms with Gasteiger partial charge in [0.2, 0.25) is 7.37 Å². The maximum atomic E-state index is 14.1. The van der Waals surface area contributed by atoms with Gasteiger partial charge in [0.25, 0.3) is 0 Å². The van der Waals surface area contributed by atoms with E-state index >= 15 is 0 Å². The Kier molecular flexibility index (Phi) is 42.9. The first-order chi connectivity index (χ1) is 57.9. The Hall–Kier alpha value is -10.2. The van der Waals surface area contributed by atoms with Crippen LogP contribution in [0.5, 0.6) is 23.0 Å². The van der Waals surface area contributed by atoms with Crippen molar-refractivity contribution in [1.82, 2.24) is 50.6 Å². The van der Waals surface area contributed by atoms with Crippen LogP contribution < -0.4 is 56.6 Å². The summed E-state index contributed by atoms with van der Waals surface area (Å²) >= 11 is 0. The zero-order valence-corrected chi connectivity index (χ0v) is 75.7. The van der Waals surface area contributed by atoms with Gasteiger partial charge in [0.05, 0.1) is 56.6 Å². The van der Waals surface area contributed by atoms with Crippen LogP contribution in [0.1, 0.15) is 95.0 Å². The monoisotopic (exact) mass is 1740 g/mol. The van der Waals surface area contributed by atoms with Crippen molar-refractivity contribution in [3.8, 4) is 70.4 Å². The molecule has 10 rings (SSSR count). The molecule has 1 atom stereocenters. The maximum Gasteiger partial charge on any atom is 0.373 e. The average Bonchev–Trinajstić information content (AvgIpc) is 1.15. The normalized spacial score (nSPS) is 13.6. The highest BCUT2D eigenvalue weighted by Crippen LogP contribution is 2.42. The van der Waals surface area contributed by atoms with Crippen LogP contribution >= 0.6 is 36.7 Å². The Labute approximate surface area is 714 Å². The van der Waals surface area contributed by atoms with E-state index in [-0.39, 0.29) is 32.1 Å². The molecule has 1 unspecified atom stereocenters. The SMILES string of the molecule is C1CNCCNCCN1.CCOc1ccc(C#Cc2cc(CN3CCN(Cc4cc(C#Cc5ccc(OCC)cc5)cc(P(C)(=O)OCC)n4)CCN(Cc4cc(C#Cc5ccc(OCC(=O)OC)cc5)cc(P(C)(C)=P)n4)CC3)nc(P(C)(C)=O)c2)cc1.CCc1cc(C#Cc2ccc(OCC(=O)OC)cc2)cc(P(C)(C)=O)n1.O=C=O.O=C=O. The molecular weight excluding hydrogens is 1630 g/mol. The van der Waals surface area contributed by atoms with Gasteiger partial charge in [-0.05, 0) is 219 Å². The highest BCUT2D eigenvalue weighted by Gasteiger charge is 2.26. The highest BCUT2D eigenvalue weighted by molar-refractivity contribution is 8.02. The number of rotatable bonds is 23. The van der Waals surface area contributed by atoms with Gasteiger partial charge in [-0.2, -0.15) is 19.2 Å². The van der Waals surface area contributed by atoms with Crippen molar-refractivity contribution in [2.45, 2.75) is 53.8 Å². The molecular formula is C90H109N10O16P5. The number of hydrogen-bond donors (Lipinski definition) is 3. The van der Waals surface area contributed by atoms with Gasteiger partial charge in [0.15, 0.2) is 13.2 Å². The molecule has 26 nitrogen and oxygen atoms in total. The van der Waals surface area contributed by atoms with Crippen LogP contribution in [0.3, 0.4) is 0 Å². The Morgan fingerprint density at radius 3 is 0.901 bits per heavy atom. The maximum absolute atomic E-state index is 14.1. The van der Waals surface area contributed by atoms with Crippen molar-refractivity contribution in [1.29, 1.82) is 0 Å². The van der Waals surface area contributed by atoms with Gasteiger partial charge < -0.3 is 58.0 Å². The Morgan fingerprint density at radius 1 is 0.372 bits per heavy atom. The standard InChI is InChI=1S/C62H72N6O8P4.C20H22NO4P.C6H15N3.2CO2/c1-10-73-56-25-19-47(20-26-56)13-16-50-37-53(63-59(40-50)78(5,6)70)43-66-31-33-67(44-54-38-51(41-60(64-54)79(7,8)77)17-14-49-23-29-58(30-24-49)75-46-62(69)72-4)34-36-68(35-32-66)45-55-39-52(42-61(65-55)80(9,71)76-12-3)18-15-48-21-27-57(28-22-48)74-11-2;1-5-17-12-16(13-19(21-17)26(3,4)23)7-6-15-8-10-18(11-9-15)25-14-20(22)24-2;1-2-8-5-6-9-4-3-7-1;2*2-1-3/h19-30,37-42,77H,10-12,31-36,43-46H2,1-9H3;8-13H,5,14H2,1-4H3;7-9H,1-6H2;;. The molecule has 640 valence electrons. The summed E-state index contributed by atoms with van der Waals surface area (Å²) < 4.78 is 77.3. The topological polar surface area (TPSA) is 316 Å². The lowest BCUT2D eigenvalue weighted by molar-refractivity contribution is -0.193. The van der Waals surface area contributed by atoms with E-state index in [1.54, 1.807) is 69.7 Å². The van der Waals surface area contributed by atoms with Gasteiger partial charge in [-0.3, -0.25) is 24.2 Å². The molecule has 2 fully saturated rings. The van der Waals surface area contributed by atoms with Gasteiger partial charge in [-0.25, -0.2) is 24.5 Å². The molecule has 0 bridgehead atoms. The van der Waals surface area contributed by atoms with E-state index < -0.39 is 40.1 Å². The van der Waals surface area contributed by atoms with Crippen molar-refractivity contribution in [2.24, 2.45) is 0 Å². The molecule has 2 aliphatic heterocycles. The van der Waals surface area contributed by atoms with Crippen LogP contribution in [-0.4, -0.2) is 231 Å². The number of nitrogens with zero attached hydrogens (tertiary/aromatic N) is 7. The summed E-state index contributed by atoms with van der Waals surface area (Å²) in [5.74, 6) is 27.9. The molecule has 2 aliphatic rings. The minimum absolute atomic E-state index is 0.130. The first-order valence-corrected chi connectivity index (χ1v) is 50.6. The summed E-state index contributed by atoms with van der Waals surface area (Å²) in [6.07, 6.45) is 1.26. The van der Waals surface area contributed by atoms with Crippen LogP contribution in [0, 0.1) is 47.4 Å². The largest absolute Gasteiger partial charge is 0.494 e. The molecule has 3 N–H and O–H groups in total. The van der Waals surface area contributed by atoms with Gasteiger partial charge in [0.1, 0.15) is 53.6 Å². The second kappa shape index (κ2) is 52.2. The average molecular weight is 1740 g/mol. The van der Waals surface area contributed by atoms with Crippen LogP contribution in [0.2, 0.25) is 0 Å². The van der Waals surface area contributed by atoms with Gasteiger partial charge >= 0.3 is 24.2 Å². The molecule has 0 amide bonds. The fraction of sp³-hybridized carbons (Fsp3) is 0.378. The predicted molar refractivity (Wildman–Crippen MR) is 478 cm³/mol. The lowest BCUT2D eigenvalue weighted by atomic mass is 10.1. The number of pyridine rings is 4. The summed E-state index contributed by atoms with van der Waals surface area (Å²) in [5.41, 5.74) is 12.1. The Bertz CT molecular complexity index is 5210. The highest BCUT2D eigenvalue weighted by atomic mass is 31.8. The molecule has 2 saturated heterocycles. The van der Waals surface area contributed by atoms with Crippen molar-refractivity contribution >= 4 is 82.7 Å².